The number of hydrogen-bond acceptors (Lipinski definition) is 5. The number of fused-ring (bicyclic) bond motifs is 1. The fraction of sp³-hybridized carbons (Fsp3) is 0.240. The predicted octanol–water partition coefficient (Wildman–Crippen LogP) is 3.40. The summed E-state index contributed by atoms with van der Waals surface area (Å²) in [4.78, 5) is 13.0. The molecule has 8 heteroatoms. The van der Waals surface area contributed by atoms with Crippen LogP contribution >= 0.6 is 0 Å². The number of nitrogens with one attached hydrogen (secondary N) is 1. The molecule has 4 rings (SSSR count). The number of sulfonamides is 1. The standard InChI is InChI=1S/C25H26N2O5S/c1-2-31-20-12-14-21(15-13-20)33(29,30)27-18-24(32-23-11-7-6-10-22(23)27)25(28)26-17-16-19-8-4-3-5-9-19/h3-15,24H,2,16-18H2,1H3,(H,26,28)/t24-/m0/s1. The van der Waals surface area contributed by atoms with Crippen LogP contribution in [0.5, 0.6) is 11.5 Å². The second-order valence-corrected chi connectivity index (χ2v) is 9.40. The normalized spacial score (nSPS) is 15.3. The van der Waals surface area contributed by atoms with Gasteiger partial charge in [-0.05, 0) is 55.3 Å². The molecule has 3 aromatic carbocycles. The molecule has 0 aliphatic carbocycles. The number of hydrogen-bond donors (Lipinski definition) is 1. The van der Waals surface area contributed by atoms with Crippen molar-refractivity contribution in [1.82, 2.24) is 5.32 Å². The summed E-state index contributed by atoms with van der Waals surface area (Å²) in [6.07, 6.45) is -0.294. The van der Waals surface area contributed by atoms with Gasteiger partial charge in [0.15, 0.2) is 6.10 Å². The van der Waals surface area contributed by atoms with E-state index in [4.69, 9.17) is 9.47 Å². The Morgan fingerprint density at radius 3 is 2.45 bits per heavy atom. The Morgan fingerprint density at radius 1 is 1.03 bits per heavy atom. The van der Waals surface area contributed by atoms with Gasteiger partial charge in [-0.2, -0.15) is 0 Å². The summed E-state index contributed by atoms with van der Waals surface area (Å²) in [5, 5.41) is 2.86. The van der Waals surface area contributed by atoms with Crippen molar-refractivity contribution >= 4 is 21.6 Å². The third-order valence-corrected chi connectivity index (χ3v) is 7.10. The minimum atomic E-state index is -3.92. The summed E-state index contributed by atoms with van der Waals surface area (Å²) in [5.74, 6) is 0.586. The summed E-state index contributed by atoms with van der Waals surface area (Å²) < 4.78 is 39.5. The molecule has 1 atom stereocenters. The number of carbonyl (C=O) groups excluding carboxylic acids is 1. The lowest BCUT2D eigenvalue weighted by Crippen LogP contribution is -2.51. The Balaban J connectivity index is 1.53. The lowest BCUT2D eigenvalue weighted by atomic mass is 10.1. The number of nitrogens with zero attached hydrogens (tertiary/aromatic N) is 1. The number of ether oxygens (including phenoxy) is 2. The summed E-state index contributed by atoms with van der Waals surface area (Å²) in [6.45, 7) is 2.66. The van der Waals surface area contributed by atoms with Gasteiger partial charge in [0.1, 0.15) is 11.5 Å². The summed E-state index contributed by atoms with van der Waals surface area (Å²) in [7, 11) is -3.92. The lowest BCUT2D eigenvalue weighted by Gasteiger charge is -2.34. The molecule has 172 valence electrons. The highest BCUT2D eigenvalue weighted by Crippen LogP contribution is 2.37. The van der Waals surface area contributed by atoms with Crippen molar-refractivity contribution in [1.29, 1.82) is 0 Å². The van der Waals surface area contributed by atoms with Crippen LogP contribution in [0, 0.1) is 0 Å². The van der Waals surface area contributed by atoms with Crippen molar-refractivity contribution in [2.24, 2.45) is 0 Å². The van der Waals surface area contributed by atoms with Crippen LogP contribution in [-0.2, 0) is 21.2 Å². The van der Waals surface area contributed by atoms with E-state index in [1.54, 1.807) is 36.4 Å². The van der Waals surface area contributed by atoms with Crippen molar-refractivity contribution in [3.05, 3.63) is 84.4 Å². The van der Waals surface area contributed by atoms with Crippen LogP contribution < -0.4 is 19.1 Å². The molecule has 0 saturated heterocycles. The van der Waals surface area contributed by atoms with E-state index in [1.165, 1.54) is 16.4 Å². The molecule has 3 aromatic rings. The zero-order valence-electron chi connectivity index (χ0n) is 18.3. The average Bonchev–Trinajstić information content (AvgIpc) is 2.84. The maximum atomic E-state index is 13.5. The quantitative estimate of drug-likeness (QED) is 0.550. The van der Waals surface area contributed by atoms with Gasteiger partial charge in [0.25, 0.3) is 15.9 Å². The maximum Gasteiger partial charge on any atom is 0.264 e. The van der Waals surface area contributed by atoms with E-state index >= 15 is 0 Å². The number of benzene rings is 3. The van der Waals surface area contributed by atoms with Gasteiger partial charge in [-0.1, -0.05) is 42.5 Å². The largest absolute Gasteiger partial charge is 0.494 e. The Kier molecular flexibility index (Phi) is 6.84. The van der Waals surface area contributed by atoms with Crippen LogP contribution in [0.4, 0.5) is 5.69 Å². The van der Waals surface area contributed by atoms with Gasteiger partial charge in [-0.15, -0.1) is 0 Å². The third-order valence-electron chi connectivity index (χ3n) is 5.31. The van der Waals surface area contributed by atoms with Crippen molar-refractivity contribution in [3.8, 4) is 11.5 Å². The minimum Gasteiger partial charge on any atom is -0.494 e. The summed E-state index contributed by atoms with van der Waals surface area (Å²) in [5.41, 5.74) is 1.51. The molecule has 1 aliphatic rings. The van der Waals surface area contributed by atoms with Crippen molar-refractivity contribution < 1.29 is 22.7 Å². The number of para-hydroxylation sites is 2. The summed E-state index contributed by atoms with van der Waals surface area (Å²) >= 11 is 0. The van der Waals surface area contributed by atoms with E-state index in [1.807, 2.05) is 37.3 Å². The Morgan fingerprint density at radius 2 is 1.73 bits per heavy atom. The first kappa shape index (κ1) is 22.7. The second kappa shape index (κ2) is 9.95. The molecular weight excluding hydrogens is 440 g/mol. The fourth-order valence-corrected chi connectivity index (χ4v) is 5.13. The van der Waals surface area contributed by atoms with Gasteiger partial charge < -0.3 is 14.8 Å². The van der Waals surface area contributed by atoms with E-state index in [-0.39, 0.29) is 17.3 Å². The number of anilines is 1. The molecule has 7 nitrogen and oxygen atoms in total. The van der Waals surface area contributed by atoms with Crippen LogP contribution in [0.1, 0.15) is 12.5 Å². The van der Waals surface area contributed by atoms with Crippen molar-refractivity contribution in [3.63, 3.8) is 0 Å². The lowest BCUT2D eigenvalue weighted by molar-refractivity contribution is -0.127. The van der Waals surface area contributed by atoms with Gasteiger partial charge >= 0.3 is 0 Å². The first-order valence-electron chi connectivity index (χ1n) is 10.8. The number of rotatable bonds is 8. The molecule has 1 N–H and O–H groups in total. The Hall–Kier alpha value is -3.52. The highest BCUT2D eigenvalue weighted by atomic mass is 32.2. The molecule has 0 aromatic heterocycles. The monoisotopic (exact) mass is 466 g/mol. The van der Waals surface area contributed by atoms with Gasteiger partial charge in [-0.3, -0.25) is 9.10 Å². The van der Waals surface area contributed by atoms with Gasteiger partial charge in [0.2, 0.25) is 0 Å². The van der Waals surface area contributed by atoms with Crippen molar-refractivity contribution in [2.75, 3.05) is 24.0 Å². The smallest absolute Gasteiger partial charge is 0.264 e. The first-order valence-corrected chi connectivity index (χ1v) is 12.3. The predicted molar refractivity (Wildman–Crippen MR) is 126 cm³/mol. The Bertz CT molecular complexity index is 1200. The van der Waals surface area contributed by atoms with E-state index in [0.29, 0.717) is 36.8 Å². The third kappa shape index (κ3) is 5.12. The van der Waals surface area contributed by atoms with Gasteiger partial charge in [0.05, 0.1) is 23.7 Å². The zero-order valence-corrected chi connectivity index (χ0v) is 19.1. The van der Waals surface area contributed by atoms with Crippen LogP contribution in [-0.4, -0.2) is 40.1 Å². The van der Waals surface area contributed by atoms with Crippen LogP contribution in [0.2, 0.25) is 0 Å². The fourth-order valence-electron chi connectivity index (χ4n) is 3.66. The van der Waals surface area contributed by atoms with Gasteiger partial charge in [0, 0.05) is 6.54 Å². The molecule has 0 fully saturated rings. The second-order valence-electron chi connectivity index (χ2n) is 7.54. The molecule has 0 bridgehead atoms. The summed E-state index contributed by atoms with van der Waals surface area (Å²) in [6, 6.07) is 22.9. The molecule has 1 aliphatic heterocycles. The first-order chi connectivity index (χ1) is 16.0. The minimum absolute atomic E-state index is 0.117. The zero-order chi connectivity index (χ0) is 23.3. The van der Waals surface area contributed by atoms with E-state index < -0.39 is 16.1 Å². The van der Waals surface area contributed by atoms with E-state index in [2.05, 4.69) is 5.32 Å². The SMILES string of the molecule is CCOc1ccc(S(=O)(=O)N2C[C@@H](C(=O)NCCc3ccccc3)Oc3ccccc32)cc1. The van der Waals surface area contributed by atoms with Crippen LogP contribution in [0.3, 0.4) is 0 Å². The average molecular weight is 467 g/mol. The molecule has 1 heterocycles. The molecule has 0 radical (unpaired) electrons. The topological polar surface area (TPSA) is 84.9 Å². The van der Waals surface area contributed by atoms with Crippen LogP contribution in [0.15, 0.2) is 83.8 Å². The molecule has 0 saturated carbocycles. The molecular formula is C25H26N2O5S. The highest BCUT2D eigenvalue weighted by molar-refractivity contribution is 7.92. The Labute approximate surface area is 194 Å². The maximum absolute atomic E-state index is 13.5. The highest BCUT2D eigenvalue weighted by Gasteiger charge is 2.37. The molecule has 0 spiro atoms. The van der Waals surface area contributed by atoms with Crippen LogP contribution in [0.25, 0.3) is 0 Å². The van der Waals surface area contributed by atoms with E-state index in [9.17, 15) is 13.2 Å². The molecule has 33 heavy (non-hydrogen) atoms. The van der Waals surface area contributed by atoms with E-state index in [0.717, 1.165) is 5.56 Å². The number of carbonyl (C=O) groups is 1. The number of amides is 1. The van der Waals surface area contributed by atoms with Gasteiger partial charge in [-0.25, -0.2) is 8.42 Å². The molecule has 1 amide bonds. The van der Waals surface area contributed by atoms with Crippen molar-refractivity contribution in [2.45, 2.75) is 24.3 Å². The molecule has 0 unspecified atom stereocenters.